The van der Waals surface area contributed by atoms with E-state index in [2.05, 4.69) is 18.2 Å². The molecule has 1 fully saturated rings. The highest BCUT2D eigenvalue weighted by atomic mass is 14.7. The van der Waals surface area contributed by atoms with Crippen LogP contribution in [-0.4, -0.2) is 5.71 Å². The predicted octanol–water partition coefficient (Wildman–Crippen LogP) is 4.57. The number of hydrogen-bond donors (Lipinski definition) is 0. The highest BCUT2D eigenvalue weighted by molar-refractivity contribution is 6.06. The summed E-state index contributed by atoms with van der Waals surface area (Å²) in [4.78, 5) is 4.76. The van der Waals surface area contributed by atoms with Crippen molar-refractivity contribution in [3.05, 3.63) is 35.6 Å². The predicted molar refractivity (Wildman–Crippen MR) is 73.2 cm³/mol. The molecule has 1 aliphatic heterocycles. The average molecular weight is 227 g/mol. The van der Waals surface area contributed by atoms with Gasteiger partial charge >= 0.3 is 0 Å². The van der Waals surface area contributed by atoms with Gasteiger partial charge < -0.3 is 0 Å². The third-order valence-electron chi connectivity index (χ3n) is 4.23. The maximum absolute atomic E-state index is 4.76. The summed E-state index contributed by atoms with van der Waals surface area (Å²) >= 11 is 0. The van der Waals surface area contributed by atoms with Crippen LogP contribution in [0.4, 0.5) is 0 Å². The van der Waals surface area contributed by atoms with Crippen LogP contribution < -0.4 is 0 Å². The van der Waals surface area contributed by atoms with Gasteiger partial charge in [-0.3, -0.25) is 4.99 Å². The molecule has 0 saturated heterocycles. The summed E-state index contributed by atoms with van der Waals surface area (Å²) in [7, 11) is 0. The summed E-state index contributed by atoms with van der Waals surface area (Å²) in [5.41, 5.74) is 4.45. The van der Waals surface area contributed by atoms with Gasteiger partial charge in [-0.05, 0) is 31.3 Å². The second-order valence-corrected chi connectivity index (χ2v) is 5.42. The maximum atomic E-state index is 4.76. The molecule has 2 aliphatic carbocycles. The molecule has 1 heteroatoms. The molecule has 3 aliphatic rings. The van der Waals surface area contributed by atoms with Crippen molar-refractivity contribution in [2.75, 3.05) is 0 Å². The molecule has 0 aromatic heterocycles. The van der Waals surface area contributed by atoms with Crippen molar-refractivity contribution in [3.63, 3.8) is 0 Å². The van der Waals surface area contributed by atoms with E-state index in [4.69, 9.17) is 4.99 Å². The number of rotatable bonds is 1. The van der Waals surface area contributed by atoms with Crippen molar-refractivity contribution in [3.8, 4) is 0 Å². The van der Waals surface area contributed by atoms with Crippen LogP contribution in [0.25, 0.3) is 0 Å². The molecule has 0 unspecified atom stereocenters. The Bertz CT molecular complexity index is 401. The summed E-state index contributed by atoms with van der Waals surface area (Å²) in [5, 5.41) is 0. The van der Waals surface area contributed by atoms with Crippen molar-refractivity contribution in [1.29, 1.82) is 0 Å². The first-order valence-corrected chi connectivity index (χ1v) is 7.07. The first-order valence-electron chi connectivity index (χ1n) is 7.07. The lowest BCUT2D eigenvalue weighted by molar-refractivity contribution is 0.592. The number of nitrogens with zero attached hydrogens (tertiary/aromatic N) is 1. The zero-order valence-electron chi connectivity index (χ0n) is 10.5. The van der Waals surface area contributed by atoms with E-state index in [1.807, 2.05) is 6.20 Å². The van der Waals surface area contributed by atoms with Crippen molar-refractivity contribution >= 4 is 5.71 Å². The fraction of sp³-hybridized carbons (Fsp3) is 0.562. The second kappa shape index (κ2) is 5.03. The molecule has 0 atom stereocenters. The Kier molecular flexibility index (Phi) is 3.26. The lowest BCUT2D eigenvalue weighted by atomic mass is 9.88. The molecule has 0 aromatic carbocycles. The van der Waals surface area contributed by atoms with E-state index in [9.17, 15) is 0 Å². The number of aliphatic imine (C=N–C) groups is 1. The first-order chi connectivity index (χ1) is 8.45. The molecule has 0 bridgehead atoms. The van der Waals surface area contributed by atoms with Crippen LogP contribution in [0.3, 0.4) is 0 Å². The monoisotopic (exact) mass is 227 g/mol. The van der Waals surface area contributed by atoms with Gasteiger partial charge in [0.1, 0.15) is 0 Å². The lowest BCUT2D eigenvalue weighted by Gasteiger charge is -2.17. The topological polar surface area (TPSA) is 12.4 Å². The van der Waals surface area contributed by atoms with Crippen LogP contribution >= 0.6 is 0 Å². The van der Waals surface area contributed by atoms with E-state index in [0.29, 0.717) is 5.92 Å². The fourth-order valence-corrected chi connectivity index (χ4v) is 3.28. The summed E-state index contributed by atoms with van der Waals surface area (Å²) in [5.74, 6) is 0.716. The summed E-state index contributed by atoms with van der Waals surface area (Å²) < 4.78 is 0. The van der Waals surface area contributed by atoms with Crippen LogP contribution in [0.2, 0.25) is 0 Å². The molecule has 17 heavy (non-hydrogen) atoms. The Morgan fingerprint density at radius 1 is 0.941 bits per heavy atom. The van der Waals surface area contributed by atoms with Gasteiger partial charge in [0.2, 0.25) is 0 Å². The quantitative estimate of drug-likeness (QED) is 0.582. The summed E-state index contributed by atoms with van der Waals surface area (Å²) in [6.45, 7) is 0. The normalized spacial score (nSPS) is 25.5. The average Bonchev–Trinajstić information content (AvgIpc) is 2.57. The molecule has 1 heterocycles. The standard InChI is InChI=1S/C16H21N/c1-2-4-8-14(7-3-1)16-15-11-5-9-13(15)10-6-12-17-16/h5-6,11-12,14H,1-4,7-10H2. The molecule has 0 amide bonds. The largest absolute Gasteiger partial charge is 0.261 e. The Labute approximate surface area is 104 Å². The first kappa shape index (κ1) is 11.0. The van der Waals surface area contributed by atoms with E-state index in [1.54, 1.807) is 5.57 Å². The Morgan fingerprint density at radius 2 is 1.71 bits per heavy atom. The lowest BCUT2D eigenvalue weighted by Crippen LogP contribution is -2.15. The Morgan fingerprint density at radius 3 is 2.53 bits per heavy atom. The van der Waals surface area contributed by atoms with Gasteiger partial charge in [0.25, 0.3) is 0 Å². The van der Waals surface area contributed by atoms with E-state index in [-0.39, 0.29) is 0 Å². The maximum Gasteiger partial charge on any atom is 0.0506 e. The SMILES string of the molecule is C1=CN=C(C2CCCCCC2)C2=C(C1)CC=C2. The van der Waals surface area contributed by atoms with E-state index < -0.39 is 0 Å². The molecule has 0 N–H and O–H groups in total. The summed E-state index contributed by atoms with van der Waals surface area (Å²) in [6, 6.07) is 0. The van der Waals surface area contributed by atoms with Gasteiger partial charge in [0.05, 0.1) is 5.71 Å². The van der Waals surface area contributed by atoms with E-state index in [1.165, 1.54) is 49.8 Å². The van der Waals surface area contributed by atoms with Crippen molar-refractivity contribution < 1.29 is 0 Å². The highest BCUT2D eigenvalue weighted by Crippen LogP contribution is 2.33. The molecule has 0 radical (unpaired) electrons. The zero-order valence-corrected chi connectivity index (χ0v) is 10.5. The Hall–Kier alpha value is -1.11. The van der Waals surface area contributed by atoms with Crippen LogP contribution in [0.15, 0.2) is 40.6 Å². The zero-order chi connectivity index (χ0) is 11.5. The summed E-state index contributed by atoms with van der Waals surface area (Å²) in [6.07, 6.45) is 19.4. The van der Waals surface area contributed by atoms with Crippen LogP contribution in [0, 0.1) is 5.92 Å². The minimum Gasteiger partial charge on any atom is -0.261 e. The number of allylic oxidation sites excluding steroid dienone is 5. The molecule has 1 nitrogen and oxygen atoms in total. The molecule has 0 aromatic rings. The van der Waals surface area contributed by atoms with Crippen molar-refractivity contribution in [2.45, 2.75) is 51.4 Å². The molecule has 90 valence electrons. The third kappa shape index (κ3) is 2.29. The highest BCUT2D eigenvalue weighted by Gasteiger charge is 2.23. The van der Waals surface area contributed by atoms with Gasteiger partial charge in [0.15, 0.2) is 0 Å². The molecule has 3 rings (SSSR count). The number of hydrogen-bond acceptors (Lipinski definition) is 1. The van der Waals surface area contributed by atoms with E-state index in [0.717, 1.165) is 12.8 Å². The smallest absolute Gasteiger partial charge is 0.0506 e. The van der Waals surface area contributed by atoms with Crippen LogP contribution in [0.1, 0.15) is 51.4 Å². The Balaban J connectivity index is 1.88. The minimum atomic E-state index is 0.716. The second-order valence-electron chi connectivity index (χ2n) is 5.42. The van der Waals surface area contributed by atoms with Crippen molar-refractivity contribution in [2.24, 2.45) is 10.9 Å². The molecule has 0 spiro atoms. The fourth-order valence-electron chi connectivity index (χ4n) is 3.28. The molecule has 1 saturated carbocycles. The van der Waals surface area contributed by atoms with Crippen LogP contribution in [-0.2, 0) is 0 Å². The van der Waals surface area contributed by atoms with Gasteiger partial charge in [-0.2, -0.15) is 0 Å². The van der Waals surface area contributed by atoms with Gasteiger partial charge in [-0.15, -0.1) is 0 Å². The molecular weight excluding hydrogens is 206 g/mol. The van der Waals surface area contributed by atoms with E-state index >= 15 is 0 Å². The van der Waals surface area contributed by atoms with Crippen molar-refractivity contribution in [1.82, 2.24) is 0 Å². The van der Waals surface area contributed by atoms with Crippen LogP contribution in [0.5, 0.6) is 0 Å². The van der Waals surface area contributed by atoms with Gasteiger partial charge in [-0.25, -0.2) is 0 Å². The third-order valence-corrected chi connectivity index (χ3v) is 4.23. The van der Waals surface area contributed by atoms with Gasteiger partial charge in [0, 0.05) is 12.1 Å². The van der Waals surface area contributed by atoms with Gasteiger partial charge in [-0.1, -0.05) is 49.5 Å². The minimum absolute atomic E-state index is 0.716. The molecular formula is C16H21N.